The second kappa shape index (κ2) is 5.67. The number of nitrogens with zero attached hydrogens (tertiary/aromatic N) is 1. The van der Waals surface area contributed by atoms with E-state index in [1.165, 1.54) is 0 Å². The van der Waals surface area contributed by atoms with Crippen LogP contribution in [0, 0.1) is 0 Å². The molecule has 2 aliphatic heterocycles. The van der Waals surface area contributed by atoms with Crippen LogP contribution in [0.1, 0.15) is 25.7 Å². The van der Waals surface area contributed by atoms with Gasteiger partial charge in [-0.25, -0.2) is 8.42 Å². The number of nitrogens with one attached hydrogen (secondary N) is 1. The molecule has 1 aromatic rings. The first kappa shape index (κ1) is 14.4. The maximum atomic E-state index is 11.8. The fraction of sp³-hybridized carbons (Fsp3) is 0.533. The van der Waals surface area contributed by atoms with E-state index in [9.17, 15) is 13.2 Å². The van der Waals surface area contributed by atoms with Gasteiger partial charge in [-0.2, -0.15) is 0 Å². The third-order valence-corrected chi connectivity index (χ3v) is 5.89. The molecule has 1 N–H and O–H groups in total. The van der Waals surface area contributed by atoms with Crippen LogP contribution in [0.5, 0.6) is 0 Å². The average molecular weight is 308 g/mol. The lowest BCUT2D eigenvalue weighted by Crippen LogP contribution is -2.34. The van der Waals surface area contributed by atoms with Crippen LogP contribution in [0.15, 0.2) is 24.3 Å². The third kappa shape index (κ3) is 3.37. The highest BCUT2D eigenvalue weighted by Crippen LogP contribution is 2.25. The zero-order chi connectivity index (χ0) is 14.9. The van der Waals surface area contributed by atoms with Crippen molar-refractivity contribution in [2.45, 2.75) is 31.7 Å². The molecule has 2 aliphatic rings. The largest absolute Gasteiger partial charge is 0.381 e. The highest BCUT2D eigenvalue weighted by atomic mass is 32.2. The van der Waals surface area contributed by atoms with E-state index >= 15 is 0 Å². The number of amides is 1. The molecule has 0 saturated carbocycles. The Hall–Kier alpha value is -1.56. The van der Waals surface area contributed by atoms with E-state index in [1.54, 1.807) is 4.90 Å². The van der Waals surface area contributed by atoms with Gasteiger partial charge in [-0.05, 0) is 37.5 Å². The molecule has 5 nitrogen and oxygen atoms in total. The number of carbonyl (C=O) groups excluding carboxylic acids is 1. The van der Waals surface area contributed by atoms with E-state index in [2.05, 4.69) is 5.32 Å². The van der Waals surface area contributed by atoms with Gasteiger partial charge in [-0.15, -0.1) is 0 Å². The Morgan fingerprint density at radius 2 is 2.10 bits per heavy atom. The van der Waals surface area contributed by atoms with Gasteiger partial charge in [0.05, 0.1) is 11.5 Å². The van der Waals surface area contributed by atoms with Gasteiger partial charge in [0.2, 0.25) is 5.91 Å². The molecule has 1 atom stereocenters. The van der Waals surface area contributed by atoms with Crippen LogP contribution >= 0.6 is 0 Å². The summed E-state index contributed by atoms with van der Waals surface area (Å²) < 4.78 is 23.4. The van der Waals surface area contributed by atoms with Gasteiger partial charge in [0.1, 0.15) is 0 Å². The maximum absolute atomic E-state index is 11.8. The fourth-order valence-corrected chi connectivity index (χ4v) is 4.69. The van der Waals surface area contributed by atoms with E-state index < -0.39 is 9.84 Å². The van der Waals surface area contributed by atoms with Crippen molar-refractivity contribution in [3.8, 4) is 0 Å². The normalized spacial score (nSPS) is 25.0. The number of hydrogen-bond donors (Lipinski definition) is 1. The Labute approximate surface area is 125 Å². The lowest BCUT2D eigenvalue weighted by molar-refractivity contribution is -0.117. The van der Waals surface area contributed by atoms with Crippen LogP contribution in [0.25, 0.3) is 0 Å². The second-order valence-electron chi connectivity index (χ2n) is 5.80. The molecule has 114 valence electrons. The standard InChI is InChI=1S/C15H20N2O3S/c18-15-7-2-8-17(15)14-6-1-4-12(10-14)16-13-5-3-9-21(19,20)11-13/h1,4,6,10,13,16H,2-3,5,7-9,11H2. The fourth-order valence-electron chi connectivity index (χ4n) is 3.06. The van der Waals surface area contributed by atoms with E-state index in [0.717, 1.165) is 30.8 Å². The monoisotopic (exact) mass is 308 g/mol. The number of carbonyl (C=O) groups is 1. The summed E-state index contributed by atoms with van der Waals surface area (Å²) >= 11 is 0. The molecule has 2 saturated heterocycles. The molecule has 6 heteroatoms. The molecule has 0 bridgehead atoms. The van der Waals surface area contributed by atoms with Crippen molar-refractivity contribution >= 4 is 27.1 Å². The number of hydrogen-bond acceptors (Lipinski definition) is 4. The molecular formula is C15H20N2O3S. The molecule has 0 radical (unpaired) electrons. The highest BCUT2D eigenvalue weighted by Gasteiger charge is 2.25. The molecule has 0 aromatic heterocycles. The molecule has 21 heavy (non-hydrogen) atoms. The Kier molecular flexibility index (Phi) is 3.89. The summed E-state index contributed by atoms with van der Waals surface area (Å²) in [5.74, 6) is 0.653. The van der Waals surface area contributed by atoms with E-state index in [0.29, 0.717) is 18.6 Å². The van der Waals surface area contributed by atoms with Crippen LogP contribution in [0.4, 0.5) is 11.4 Å². The summed E-state index contributed by atoms with van der Waals surface area (Å²) in [5, 5.41) is 3.30. The van der Waals surface area contributed by atoms with Crippen molar-refractivity contribution < 1.29 is 13.2 Å². The Morgan fingerprint density at radius 1 is 1.24 bits per heavy atom. The quantitative estimate of drug-likeness (QED) is 0.924. The zero-order valence-corrected chi connectivity index (χ0v) is 12.7. The first-order valence-corrected chi connectivity index (χ1v) is 9.23. The van der Waals surface area contributed by atoms with Crippen molar-refractivity contribution in [2.24, 2.45) is 0 Å². The molecule has 0 spiro atoms. The van der Waals surface area contributed by atoms with Gasteiger partial charge in [-0.3, -0.25) is 4.79 Å². The van der Waals surface area contributed by atoms with Crippen LogP contribution in [-0.2, 0) is 14.6 Å². The van der Waals surface area contributed by atoms with E-state index in [4.69, 9.17) is 0 Å². The SMILES string of the molecule is O=C1CCCN1c1cccc(NC2CCCS(=O)(=O)C2)c1. The van der Waals surface area contributed by atoms with Crippen molar-refractivity contribution in [1.82, 2.24) is 0 Å². The van der Waals surface area contributed by atoms with Crippen molar-refractivity contribution in [3.63, 3.8) is 0 Å². The summed E-state index contributed by atoms with van der Waals surface area (Å²) in [6.07, 6.45) is 3.09. The molecule has 1 aromatic carbocycles. The Balaban J connectivity index is 1.73. The summed E-state index contributed by atoms with van der Waals surface area (Å²) in [5.41, 5.74) is 1.77. The van der Waals surface area contributed by atoms with Gasteiger partial charge in [-0.1, -0.05) is 6.07 Å². The number of sulfone groups is 1. The minimum absolute atomic E-state index is 0.0340. The molecule has 0 aliphatic carbocycles. The first-order chi connectivity index (χ1) is 10.0. The van der Waals surface area contributed by atoms with Crippen molar-refractivity contribution in [2.75, 3.05) is 28.3 Å². The average Bonchev–Trinajstić information content (AvgIpc) is 2.84. The molecule has 3 rings (SSSR count). The molecule has 2 heterocycles. The van der Waals surface area contributed by atoms with Crippen LogP contribution in [-0.4, -0.2) is 38.4 Å². The number of benzene rings is 1. The lowest BCUT2D eigenvalue weighted by Gasteiger charge is -2.25. The Bertz CT molecular complexity index is 642. The van der Waals surface area contributed by atoms with Gasteiger partial charge in [0, 0.05) is 30.4 Å². The minimum atomic E-state index is -2.91. The lowest BCUT2D eigenvalue weighted by atomic mass is 10.1. The summed E-state index contributed by atoms with van der Waals surface area (Å²) in [6, 6.07) is 7.65. The predicted octanol–water partition coefficient (Wildman–Crippen LogP) is 1.80. The maximum Gasteiger partial charge on any atom is 0.227 e. The molecule has 2 fully saturated rings. The topological polar surface area (TPSA) is 66.5 Å². The van der Waals surface area contributed by atoms with Crippen molar-refractivity contribution in [1.29, 1.82) is 0 Å². The van der Waals surface area contributed by atoms with Crippen LogP contribution < -0.4 is 10.2 Å². The smallest absolute Gasteiger partial charge is 0.227 e. The van der Waals surface area contributed by atoms with Gasteiger partial charge in [0.25, 0.3) is 0 Å². The van der Waals surface area contributed by atoms with Crippen molar-refractivity contribution in [3.05, 3.63) is 24.3 Å². The van der Waals surface area contributed by atoms with E-state index in [-0.39, 0.29) is 17.7 Å². The number of anilines is 2. The summed E-state index contributed by atoms with van der Waals surface area (Å²) in [4.78, 5) is 13.6. The predicted molar refractivity (Wildman–Crippen MR) is 83.3 cm³/mol. The van der Waals surface area contributed by atoms with Gasteiger partial charge < -0.3 is 10.2 Å². The highest BCUT2D eigenvalue weighted by molar-refractivity contribution is 7.91. The third-order valence-electron chi connectivity index (χ3n) is 4.07. The van der Waals surface area contributed by atoms with E-state index in [1.807, 2.05) is 24.3 Å². The number of rotatable bonds is 3. The molecule has 1 unspecified atom stereocenters. The second-order valence-corrected chi connectivity index (χ2v) is 8.03. The summed E-state index contributed by atoms with van der Waals surface area (Å²) in [6.45, 7) is 0.764. The molecular weight excluding hydrogens is 288 g/mol. The summed E-state index contributed by atoms with van der Waals surface area (Å²) in [7, 11) is -2.91. The van der Waals surface area contributed by atoms with Crippen LogP contribution in [0.2, 0.25) is 0 Å². The minimum Gasteiger partial charge on any atom is -0.381 e. The molecule has 1 amide bonds. The van der Waals surface area contributed by atoms with Gasteiger partial charge >= 0.3 is 0 Å². The Morgan fingerprint density at radius 3 is 2.81 bits per heavy atom. The van der Waals surface area contributed by atoms with Gasteiger partial charge in [0.15, 0.2) is 9.84 Å². The van der Waals surface area contributed by atoms with Crippen LogP contribution in [0.3, 0.4) is 0 Å². The zero-order valence-electron chi connectivity index (χ0n) is 11.9. The first-order valence-electron chi connectivity index (χ1n) is 7.41.